The standard InChI is InChI=1S/C13H26N2O/c1-15(13-6-10-16-11-13)9-2-3-12-4-7-14-8-5-12/h12-14H,2-11H2,1H3. The van der Waals surface area contributed by atoms with Crippen molar-refractivity contribution >= 4 is 0 Å². The van der Waals surface area contributed by atoms with E-state index in [0.29, 0.717) is 6.04 Å². The lowest BCUT2D eigenvalue weighted by Crippen LogP contribution is -2.33. The van der Waals surface area contributed by atoms with Gasteiger partial charge in [-0.1, -0.05) is 0 Å². The number of likely N-dealkylation sites (N-methyl/N-ethyl adjacent to an activating group) is 1. The molecule has 3 heteroatoms. The Hall–Kier alpha value is -0.120. The van der Waals surface area contributed by atoms with Crippen LogP contribution >= 0.6 is 0 Å². The van der Waals surface area contributed by atoms with Gasteiger partial charge in [-0.15, -0.1) is 0 Å². The summed E-state index contributed by atoms with van der Waals surface area (Å²) in [6, 6.07) is 0.688. The molecule has 94 valence electrons. The summed E-state index contributed by atoms with van der Waals surface area (Å²) >= 11 is 0. The Kier molecular flexibility index (Phi) is 5.07. The van der Waals surface area contributed by atoms with Gasteiger partial charge in [-0.3, -0.25) is 0 Å². The molecular weight excluding hydrogens is 200 g/mol. The molecule has 0 amide bonds. The van der Waals surface area contributed by atoms with Crippen molar-refractivity contribution in [3.8, 4) is 0 Å². The zero-order valence-corrected chi connectivity index (χ0v) is 10.6. The third-order valence-corrected chi connectivity index (χ3v) is 4.11. The molecule has 2 aliphatic heterocycles. The highest BCUT2D eigenvalue weighted by Gasteiger charge is 2.20. The van der Waals surface area contributed by atoms with Gasteiger partial charge in [0.25, 0.3) is 0 Å². The summed E-state index contributed by atoms with van der Waals surface area (Å²) in [7, 11) is 2.25. The van der Waals surface area contributed by atoms with Crippen LogP contribution in [0.4, 0.5) is 0 Å². The van der Waals surface area contributed by atoms with E-state index in [1.807, 2.05) is 0 Å². The van der Waals surface area contributed by atoms with Crippen LogP contribution in [-0.4, -0.2) is 50.8 Å². The molecule has 2 heterocycles. The first-order valence-electron chi connectivity index (χ1n) is 6.85. The Morgan fingerprint density at radius 3 is 2.75 bits per heavy atom. The summed E-state index contributed by atoms with van der Waals surface area (Å²) < 4.78 is 5.42. The molecular formula is C13H26N2O. The molecule has 1 unspecified atom stereocenters. The van der Waals surface area contributed by atoms with E-state index in [1.54, 1.807) is 0 Å². The fourth-order valence-electron chi connectivity index (χ4n) is 2.85. The van der Waals surface area contributed by atoms with E-state index in [2.05, 4.69) is 17.3 Å². The molecule has 0 radical (unpaired) electrons. The van der Waals surface area contributed by atoms with Crippen molar-refractivity contribution in [2.45, 2.75) is 38.1 Å². The summed E-state index contributed by atoms with van der Waals surface area (Å²) in [6.07, 6.45) is 6.77. The number of hydrogen-bond donors (Lipinski definition) is 1. The predicted molar refractivity (Wildman–Crippen MR) is 66.7 cm³/mol. The Morgan fingerprint density at radius 2 is 2.06 bits per heavy atom. The maximum Gasteiger partial charge on any atom is 0.0622 e. The molecule has 1 atom stereocenters. The quantitative estimate of drug-likeness (QED) is 0.768. The van der Waals surface area contributed by atoms with Gasteiger partial charge in [0.05, 0.1) is 6.61 Å². The second kappa shape index (κ2) is 6.58. The maximum absolute atomic E-state index is 5.42. The minimum absolute atomic E-state index is 0.688. The van der Waals surface area contributed by atoms with Gasteiger partial charge >= 0.3 is 0 Å². The fraction of sp³-hybridized carbons (Fsp3) is 1.00. The van der Waals surface area contributed by atoms with Crippen molar-refractivity contribution in [3.05, 3.63) is 0 Å². The number of nitrogens with one attached hydrogen (secondary N) is 1. The van der Waals surface area contributed by atoms with Crippen LogP contribution in [0.2, 0.25) is 0 Å². The van der Waals surface area contributed by atoms with E-state index < -0.39 is 0 Å². The molecule has 0 aromatic carbocycles. The highest BCUT2D eigenvalue weighted by molar-refractivity contribution is 4.74. The lowest BCUT2D eigenvalue weighted by Gasteiger charge is -2.26. The molecule has 2 aliphatic rings. The maximum atomic E-state index is 5.42. The van der Waals surface area contributed by atoms with E-state index in [1.165, 1.54) is 51.7 Å². The van der Waals surface area contributed by atoms with E-state index >= 15 is 0 Å². The summed E-state index contributed by atoms with van der Waals surface area (Å²) in [5, 5.41) is 3.43. The summed E-state index contributed by atoms with van der Waals surface area (Å²) in [4.78, 5) is 2.49. The lowest BCUT2D eigenvalue weighted by atomic mass is 9.93. The average molecular weight is 226 g/mol. The molecule has 3 nitrogen and oxygen atoms in total. The average Bonchev–Trinajstić information content (AvgIpc) is 2.84. The van der Waals surface area contributed by atoms with Crippen LogP contribution < -0.4 is 5.32 Å². The normalized spacial score (nSPS) is 27.8. The Labute approximate surface area is 99.5 Å². The molecule has 16 heavy (non-hydrogen) atoms. The molecule has 0 aromatic rings. The smallest absolute Gasteiger partial charge is 0.0622 e. The van der Waals surface area contributed by atoms with Crippen LogP contribution in [0, 0.1) is 5.92 Å². The third-order valence-electron chi connectivity index (χ3n) is 4.11. The molecule has 2 fully saturated rings. The number of piperidine rings is 1. The first kappa shape index (κ1) is 12.3. The molecule has 0 aliphatic carbocycles. The zero-order valence-electron chi connectivity index (χ0n) is 10.6. The summed E-state index contributed by atoms with van der Waals surface area (Å²) in [5.41, 5.74) is 0. The first-order chi connectivity index (χ1) is 7.86. The Bertz CT molecular complexity index is 186. The highest BCUT2D eigenvalue weighted by Crippen LogP contribution is 2.18. The minimum atomic E-state index is 0.688. The number of nitrogens with zero attached hydrogens (tertiary/aromatic N) is 1. The topological polar surface area (TPSA) is 24.5 Å². The monoisotopic (exact) mass is 226 g/mol. The van der Waals surface area contributed by atoms with E-state index in [9.17, 15) is 0 Å². The van der Waals surface area contributed by atoms with Gasteiger partial charge in [-0.05, 0) is 64.7 Å². The first-order valence-corrected chi connectivity index (χ1v) is 6.85. The Morgan fingerprint density at radius 1 is 1.25 bits per heavy atom. The van der Waals surface area contributed by atoms with E-state index in [-0.39, 0.29) is 0 Å². The fourth-order valence-corrected chi connectivity index (χ4v) is 2.85. The van der Waals surface area contributed by atoms with Crippen molar-refractivity contribution in [2.75, 3.05) is 39.9 Å². The number of hydrogen-bond acceptors (Lipinski definition) is 3. The van der Waals surface area contributed by atoms with Crippen molar-refractivity contribution in [1.29, 1.82) is 0 Å². The van der Waals surface area contributed by atoms with E-state index in [0.717, 1.165) is 19.1 Å². The highest BCUT2D eigenvalue weighted by atomic mass is 16.5. The number of rotatable bonds is 5. The largest absolute Gasteiger partial charge is 0.380 e. The summed E-state index contributed by atoms with van der Waals surface area (Å²) in [6.45, 7) is 5.62. The van der Waals surface area contributed by atoms with Crippen molar-refractivity contribution in [2.24, 2.45) is 5.92 Å². The molecule has 1 N–H and O–H groups in total. The van der Waals surface area contributed by atoms with Crippen LogP contribution in [0.25, 0.3) is 0 Å². The molecule has 0 spiro atoms. The SMILES string of the molecule is CN(CCCC1CCNCC1)C1CCOC1. The minimum Gasteiger partial charge on any atom is -0.380 e. The van der Waals surface area contributed by atoms with Crippen molar-refractivity contribution in [3.63, 3.8) is 0 Å². The second-order valence-corrected chi connectivity index (χ2v) is 5.33. The predicted octanol–water partition coefficient (Wildman–Crippen LogP) is 1.49. The zero-order chi connectivity index (χ0) is 11.2. The van der Waals surface area contributed by atoms with Gasteiger partial charge in [0.1, 0.15) is 0 Å². The van der Waals surface area contributed by atoms with Crippen LogP contribution in [0.3, 0.4) is 0 Å². The van der Waals surface area contributed by atoms with Crippen LogP contribution in [-0.2, 0) is 4.74 Å². The van der Waals surface area contributed by atoms with Gasteiger partial charge in [-0.25, -0.2) is 0 Å². The van der Waals surface area contributed by atoms with Crippen molar-refractivity contribution < 1.29 is 4.74 Å². The van der Waals surface area contributed by atoms with Gasteiger partial charge in [0.15, 0.2) is 0 Å². The van der Waals surface area contributed by atoms with Gasteiger partial charge < -0.3 is 15.0 Å². The Balaban J connectivity index is 1.56. The van der Waals surface area contributed by atoms with Crippen LogP contribution in [0.15, 0.2) is 0 Å². The summed E-state index contributed by atoms with van der Waals surface area (Å²) in [5.74, 6) is 0.981. The molecule has 0 aromatic heterocycles. The number of ether oxygens (including phenoxy) is 1. The molecule has 0 saturated carbocycles. The van der Waals surface area contributed by atoms with E-state index in [4.69, 9.17) is 4.74 Å². The molecule has 2 saturated heterocycles. The van der Waals surface area contributed by atoms with Gasteiger partial charge in [0.2, 0.25) is 0 Å². The van der Waals surface area contributed by atoms with Gasteiger partial charge in [0, 0.05) is 12.6 Å². The van der Waals surface area contributed by atoms with Gasteiger partial charge in [-0.2, -0.15) is 0 Å². The lowest BCUT2D eigenvalue weighted by molar-refractivity contribution is 0.156. The third kappa shape index (κ3) is 3.72. The second-order valence-electron chi connectivity index (χ2n) is 5.33. The van der Waals surface area contributed by atoms with Crippen LogP contribution in [0.1, 0.15) is 32.1 Å². The molecule has 2 rings (SSSR count). The molecule has 0 bridgehead atoms. The van der Waals surface area contributed by atoms with Crippen LogP contribution in [0.5, 0.6) is 0 Å². The van der Waals surface area contributed by atoms with Crippen molar-refractivity contribution in [1.82, 2.24) is 10.2 Å².